The molecular weight excluding hydrogens is 324 g/mol. The molecule has 2 fully saturated rings. The van der Waals surface area contributed by atoms with Crippen molar-refractivity contribution in [1.29, 1.82) is 0 Å². The Bertz CT molecular complexity index is 794. The molecule has 2 aromatic heterocycles. The molecule has 1 saturated heterocycles. The van der Waals surface area contributed by atoms with Crippen LogP contribution >= 0.6 is 12.2 Å². The first-order valence-electron chi connectivity index (χ1n) is 8.72. The lowest BCUT2D eigenvalue weighted by Gasteiger charge is -2.31. The number of carbonyl (C=O) groups is 1. The van der Waals surface area contributed by atoms with Gasteiger partial charge in [0, 0.05) is 31.5 Å². The number of aromatic nitrogens is 3. The van der Waals surface area contributed by atoms with Crippen molar-refractivity contribution < 1.29 is 9.21 Å². The van der Waals surface area contributed by atoms with E-state index >= 15 is 0 Å². The summed E-state index contributed by atoms with van der Waals surface area (Å²) >= 11 is 5.37. The van der Waals surface area contributed by atoms with Crippen molar-refractivity contribution in [2.75, 3.05) is 13.1 Å². The Morgan fingerprint density at radius 3 is 2.71 bits per heavy atom. The summed E-state index contributed by atoms with van der Waals surface area (Å²) in [5.41, 5.74) is 0. The minimum atomic E-state index is -0.00537. The topological polar surface area (TPSA) is 67.1 Å². The third kappa shape index (κ3) is 2.81. The van der Waals surface area contributed by atoms with Crippen molar-refractivity contribution in [2.24, 2.45) is 0 Å². The lowest BCUT2D eigenvalue weighted by Crippen LogP contribution is -2.38. The van der Waals surface area contributed by atoms with Gasteiger partial charge in [0.25, 0.3) is 5.91 Å². The van der Waals surface area contributed by atoms with Crippen molar-refractivity contribution in [3.8, 4) is 0 Å². The van der Waals surface area contributed by atoms with Gasteiger partial charge >= 0.3 is 0 Å². The molecule has 0 aromatic carbocycles. The van der Waals surface area contributed by atoms with Crippen LogP contribution < -0.4 is 0 Å². The maximum Gasteiger partial charge on any atom is 0.289 e. The lowest BCUT2D eigenvalue weighted by atomic mass is 9.95. The first-order valence-corrected chi connectivity index (χ1v) is 9.13. The lowest BCUT2D eigenvalue weighted by molar-refractivity contribution is 0.0676. The molecule has 24 heavy (non-hydrogen) atoms. The summed E-state index contributed by atoms with van der Waals surface area (Å²) in [6.45, 7) is 3.48. The highest BCUT2D eigenvalue weighted by Crippen LogP contribution is 2.39. The summed E-state index contributed by atoms with van der Waals surface area (Å²) in [6, 6.07) is 4.19. The van der Waals surface area contributed by atoms with Crippen molar-refractivity contribution in [1.82, 2.24) is 19.7 Å². The molecule has 0 atom stereocenters. The van der Waals surface area contributed by atoms with E-state index in [1.165, 1.54) is 12.8 Å². The van der Waals surface area contributed by atoms with Crippen LogP contribution in [0.3, 0.4) is 0 Å². The fourth-order valence-electron chi connectivity index (χ4n) is 3.47. The maximum atomic E-state index is 12.5. The first-order chi connectivity index (χ1) is 11.7. The molecule has 3 heterocycles. The van der Waals surface area contributed by atoms with Crippen molar-refractivity contribution in [3.05, 3.63) is 34.2 Å². The molecule has 0 radical (unpaired) electrons. The number of furan rings is 1. The van der Waals surface area contributed by atoms with Crippen LogP contribution in [0.2, 0.25) is 0 Å². The summed E-state index contributed by atoms with van der Waals surface area (Å²) in [5, 5.41) is 7.41. The average molecular weight is 346 g/mol. The molecule has 0 spiro atoms. The van der Waals surface area contributed by atoms with Gasteiger partial charge < -0.3 is 13.9 Å². The Morgan fingerprint density at radius 1 is 1.33 bits per heavy atom. The summed E-state index contributed by atoms with van der Waals surface area (Å²) in [7, 11) is 0. The predicted octanol–water partition coefficient (Wildman–Crippen LogP) is 3.45. The van der Waals surface area contributed by atoms with E-state index in [9.17, 15) is 4.79 Å². The van der Waals surface area contributed by atoms with Gasteiger partial charge in [-0.2, -0.15) is 5.10 Å². The highest BCUT2D eigenvalue weighted by atomic mass is 32.1. The van der Waals surface area contributed by atoms with E-state index < -0.39 is 0 Å². The standard InChI is InChI=1S/C17H22N4O2S/c1-2-13-5-6-14(23-13)16(22)20-9-7-11(8-10-20)15-18-19-17(24)21(15)12-3-4-12/h5-6,11-12H,2-4,7-10H2,1H3,(H,19,24). The Morgan fingerprint density at radius 2 is 2.08 bits per heavy atom. The molecule has 1 aliphatic carbocycles. The first kappa shape index (κ1) is 15.6. The molecule has 6 nitrogen and oxygen atoms in total. The molecule has 1 amide bonds. The molecule has 0 unspecified atom stereocenters. The van der Waals surface area contributed by atoms with Crippen LogP contribution in [0.15, 0.2) is 16.5 Å². The van der Waals surface area contributed by atoms with Gasteiger partial charge in [-0.15, -0.1) is 0 Å². The van der Waals surface area contributed by atoms with Crippen molar-refractivity contribution >= 4 is 18.1 Å². The smallest absolute Gasteiger partial charge is 0.289 e. The summed E-state index contributed by atoms with van der Waals surface area (Å²) in [4.78, 5) is 14.4. The number of nitrogens with one attached hydrogen (secondary N) is 1. The van der Waals surface area contributed by atoms with E-state index in [1.807, 2.05) is 17.9 Å². The van der Waals surface area contributed by atoms with Gasteiger partial charge in [-0.05, 0) is 50.0 Å². The zero-order chi connectivity index (χ0) is 16.7. The second kappa shape index (κ2) is 6.20. The van der Waals surface area contributed by atoms with Crippen LogP contribution in [-0.4, -0.2) is 38.7 Å². The quantitative estimate of drug-likeness (QED) is 0.861. The number of likely N-dealkylation sites (tertiary alicyclic amines) is 1. The number of carbonyl (C=O) groups excluding carboxylic acids is 1. The van der Waals surface area contributed by atoms with Crippen molar-refractivity contribution in [3.63, 3.8) is 0 Å². The van der Waals surface area contributed by atoms with Gasteiger partial charge in [-0.3, -0.25) is 9.89 Å². The second-order valence-corrected chi connectivity index (χ2v) is 7.06. The van der Waals surface area contributed by atoms with E-state index in [2.05, 4.69) is 14.8 Å². The zero-order valence-corrected chi connectivity index (χ0v) is 14.6. The normalized spacial score (nSPS) is 19.0. The van der Waals surface area contributed by atoms with Crippen LogP contribution in [0, 0.1) is 4.77 Å². The van der Waals surface area contributed by atoms with Crippen molar-refractivity contribution in [2.45, 2.75) is 51.0 Å². The third-order valence-electron chi connectivity index (χ3n) is 5.01. The fourth-order valence-corrected chi connectivity index (χ4v) is 3.76. The van der Waals surface area contributed by atoms with E-state index in [1.54, 1.807) is 6.07 Å². The number of aromatic amines is 1. The number of rotatable bonds is 4. The van der Waals surface area contributed by atoms with Crippen LogP contribution in [0.25, 0.3) is 0 Å². The highest BCUT2D eigenvalue weighted by molar-refractivity contribution is 7.71. The third-order valence-corrected chi connectivity index (χ3v) is 5.30. The Hall–Kier alpha value is -1.89. The van der Waals surface area contributed by atoms with Crippen LogP contribution in [0.5, 0.6) is 0 Å². The summed E-state index contributed by atoms with van der Waals surface area (Å²) < 4.78 is 8.52. The molecule has 7 heteroatoms. The Labute approximate surface area is 145 Å². The fraction of sp³-hybridized carbons (Fsp3) is 0.588. The largest absolute Gasteiger partial charge is 0.456 e. The molecule has 0 bridgehead atoms. The van der Waals surface area contributed by atoms with Crippen LogP contribution in [-0.2, 0) is 6.42 Å². The van der Waals surface area contributed by atoms with Crippen LogP contribution in [0.1, 0.15) is 66.7 Å². The highest BCUT2D eigenvalue weighted by Gasteiger charge is 2.33. The number of hydrogen-bond donors (Lipinski definition) is 1. The van der Waals surface area contributed by atoms with Gasteiger partial charge in [0.2, 0.25) is 0 Å². The molecule has 1 N–H and O–H groups in total. The van der Waals surface area contributed by atoms with Gasteiger partial charge in [0.1, 0.15) is 11.6 Å². The maximum absolute atomic E-state index is 12.5. The Kier molecular flexibility index (Phi) is 4.04. The molecular formula is C17H22N4O2S. The molecule has 128 valence electrons. The van der Waals surface area contributed by atoms with Gasteiger partial charge in [-0.25, -0.2) is 0 Å². The number of H-pyrrole nitrogens is 1. The number of hydrogen-bond acceptors (Lipinski definition) is 4. The monoisotopic (exact) mass is 346 g/mol. The number of amides is 1. The van der Waals surface area contributed by atoms with E-state index in [-0.39, 0.29) is 5.91 Å². The van der Waals surface area contributed by atoms with Crippen LogP contribution in [0.4, 0.5) is 0 Å². The number of aryl methyl sites for hydroxylation is 1. The predicted molar refractivity (Wildman–Crippen MR) is 91.6 cm³/mol. The average Bonchev–Trinajstić information content (AvgIpc) is 3.19. The molecule has 1 aliphatic heterocycles. The molecule has 1 saturated carbocycles. The SMILES string of the molecule is CCc1ccc(C(=O)N2CCC(c3n[nH]c(=S)n3C3CC3)CC2)o1. The number of nitrogens with zero attached hydrogens (tertiary/aromatic N) is 3. The number of piperidine rings is 1. The second-order valence-electron chi connectivity index (χ2n) is 6.67. The Balaban J connectivity index is 1.43. The van der Waals surface area contributed by atoms with E-state index in [0.29, 0.717) is 17.7 Å². The minimum absolute atomic E-state index is 0.00537. The minimum Gasteiger partial charge on any atom is -0.456 e. The summed E-state index contributed by atoms with van der Waals surface area (Å²) in [6.07, 6.45) is 5.02. The summed E-state index contributed by atoms with van der Waals surface area (Å²) in [5.74, 6) is 2.74. The van der Waals surface area contributed by atoms with E-state index in [0.717, 1.165) is 48.7 Å². The van der Waals surface area contributed by atoms with Gasteiger partial charge in [-0.1, -0.05) is 6.92 Å². The zero-order valence-electron chi connectivity index (χ0n) is 13.8. The van der Waals surface area contributed by atoms with Gasteiger partial charge in [0.05, 0.1) is 0 Å². The van der Waals surface area contributed by atoms with E-state index in [4.69, 9.17) is 16.6 Å². The van der Waals surface area contributed by atoms with Gasteiger partial charge in [0.15, 0.2) is 10.5 Å². The molecule has 2 aliphatic rings. The molecule has 2 aromatic rings. The molecule has 4 rings (SSSR count).